The number of benzene rings is 1. The van der Waals surface area contributed by atoms with E-state index in [1.807, 2.05) is 0 Å². The minimum Gasteiger partial charge on any atom is -0.508 e. The van der Waals surface area contributed by atoms with Gasteiger partial charge in [-0.3, -0.25) is 13.9 Å². The van der Waals surface area contributed by atoms with Crippen molar-refractivity contribution in [2.45, 2.75) is 0 Å². The van der Waals surface area contributed by atoms with Gasteiger partial charge in [0.05, 0.1) is 5.69 Å². The lowest BCUT2D eigenvalue weighted by Gasteiger charge is -2.10. The highest BCUT2D eigenvalue weighted by Crippen LogP contribution is 2.24. The summed E-state index contributed by atoms with van der Waals surface area (Å²) in [6.45, 7) is 0. The number of aromatic hydroxyl groups is 1. The zero-order chi connectivity index (χ0) is 16.0. The highest BCUT2D eigenvalue weighted by Gasteiger charge is 2.16. The number of phenolic OH excluding ortho intramolecular Hbond substituents is 1. The Morgan fingerprint density at radius 2 is 1.86 bits per heavy atom. The zero-order valence-electron chi connectivity index (χ0n) is 11.8. The third kappa shape index (κ3) is 1.93. The van der Waals surface area contributed by atoms with Crippen molar-refractivity contribution in [3.05, 3.63) is 55.6 Å². The molecule has 0 unspecified atom stereocenters. The Morgan fingerprint density at radius 3 is 2.55 bits per heavy atom. The molecule has 0 aliphatic carbocycles. The molecule has 22 heavy (non-hydrogen) atoms. The fraction of sp³-hybridized carbons (Fsp3) is 0.143. The van der Waals surface area contributed by atoms with Crippen molar-refractivity contribution in [2.24, 2.45) is 14.1 Å². The number of nitrogens with zero attached hydrogens (tertiary/aromatic N) is 3. The molecular weight excluding hydrogens is 288 g/mol. The van der Waals surface area contributed by atoms with Crippen LogP contribution in [0, 0.1) is 0 Å². The van der Waals surface area contributed by atoms with Crippen molar-refractivity contribution in [3.63, 3.8) is 0 Å². The fourth-order valence-electron chi connectivity index (χ4n) is 2.35. The van der Waals surface area contributed by atoms with Gasteiger partial charge in [-0.25, -0.2) is 9.59 Å². The molecule has 0 saturated carbocycles. The van der Waals surface area contributed by atoms with Crippen LogP contribution >= 0.6 is 0 Å². The van der Waals surface area contributed by atoms with Gasteiger partial charge >= 0.3 is 11.4 Å². The average molecular weight is 300 g/mol. The van der Waals surface area contributed by atoms with Gasteiger partial charge in [-0.1, -0.05) is 12.1 Å². The molecule has 2 N–H and O–H groups in total. The topological polar surface area (TPSA) is 110 Å². The van der Waals surface area contributed by atoms with E-state index in [1.165, 1.54) is 26.2 Å². The number of aromatic amines is 1. The highest BCUT2D eigenvalue weighted by molar-refractivity contribution is 5.89. The summed E-state index contributed by atoms with van der Waals surface area (Å²) < 4.78 is 2.08. The first-order valence-corrected chi connectivity index (χ1v) is 6.39. The van der Waals surface area contributed by atoms with Crippen LogP contribution in [0.3, 0.4) is 0 Å². The van der Waals surface area contributed by atoms with E-state index in [9.17, 15) is 19.5 Å². The zero-order valence-corrected chi connectivity index (χ0v) is 11.8. The summed E-state index contributed by atoms with van der Waals surface area (Å²) in [6.07, 6.45) is 0. The molecule has 0 spiro atoms. The summed E-state index contributed by atoms with van der Waals surface area (Å²) in [5.74, 6) is -0.00930. The number of H-pyrrole nitrogens is 1. The Labute approximate surface area is 122 Å². The maximum atomic E-state index is 12.4. The first-order valence-electron chi connectivity index (χ1n) is 6.39. The molecule has 2 aromatic heterocycles. The van der Waals surface area contributed by atoms with Crippen LogP contribution in [0.15, 0.2) is 38.6 Å². The third-order valence-electron chi connectivity index (χ3n) is 3.46. The average Bonchev–Trinajstić information content (AvgIpc) is 2.50. The lowest BCUT2D eigenvalue weighted by molar-refractivity contribution is 0.475. The van der Waals surface area contributed by atoms with Gasteiger partial charge in [0.2, 0.25) is 0 Å². The molecule has 8 nitrogen and oxygen atoms in total. The molecule has 2 heterocycles. The van der Waals surface area contributed by atoms with Crippen molar-refractivity contribution < 1.29 is 5.11 Å². The van der Waals surface area contributed by atoms with Crippen LogP contribution in [-0.2, 0) is 14.1 Å². The van der Waals surface area contributed by atoms with Gasteiger partial charge in [0, 0.05) is 19.7 Å². The number of rotatable bonds is 1. The number of fused-ring (bicyclic) bond motifs is 1. The highest BCUT2D eigenvalue weighted by atomic mass is 16.3. The van der Waals surface area contributed by atoms with E-state index in [-0.39, 0.29) is 22.5 Å². The standard InChI is InChI=1S/C14H12N4O4/c1-17-11-9(12(20)18(2)14(17)22)10(15-13(21)16-11)7-4-3-5-8(19)6-7/h3-6,19H,1-2H3,(H,15,16,21). The van der Waals surface area contributed by atoms with Gasteiger partial charge in [0.15, 0.2) is 5.65 Å². The van der Waals surface area contributed by atoms with E-state index < -0.39 is 16.9 Å². The second-order valence-corrected chi connectivity index (χ2v) is 4.87. The first kappa shape index (κ1) is 13.8. The van der Waals surface area contributed by atoms with E-state index in [4.69, 9.17) is 0 Å². The molecule has 0 radical (unpaired) electrons. The van der Waals surface area contributed by atoms with Gasteiger partial charge < -0.3 is 10.1 Å². The third-order valence-corrected chi connectivity index (χ3v) is 3.46. The van der Waals surface area contributed by atoms with Gasteiger partial charge in [0.1, 0.15) is 11.1 Å². The van der Waals surface area contributed by atoms with Crippen molar-refractivity contribution in [1.82, 2.24) is 19.1 Å². The van der Waals surface area contributed by atoms with Crippen LogP contribution in [0.4, 0.5) is 0 Å². The van der Waals surface area contributed by atoms with Crippen molar-refractivity contribution in [1.29, 1.82) is 0 Å². The Balaban J connectivity index is 2.59. The summed E-state index contributed by atoms with van der Waals surface area (Å²) in [5.41, 5.74) is -1.18. The van der Waals surface area contributed by atoms with E-state index in [0.717, 1.165) is 9.13 Å². The van der Waals surface area contributed by atoms with E-state index in [1.54, 1.807) is 12.1 Å². The van der Waals surface area contributed by atoms with E-state index >= 15 is 0 Å². The van der Waals surface area contributed by atoms with Gasteiger partial charge in [-0.05, 0) is 12.1 Å². The molecular formula is C14H12N4O4. The SMILES string of the molecule is Cn1c(=O)c2c(-c3cccc(O)c3)[nH]c(=O)nc2n(C)c1=O. The number of phenols is 1. The predicted octanol–water partition coefficient (Wildman–Crippen LogP) is -0.307. The molecule has 0 saturated heterocycles. The Kier molecular flexibility index (Phi) is 2.94. The Morgan fingerprint density at radius 1 is 1.14 bits per heavy atom. The first-order chi connectivity index (χ1) is 10.4. The molecule has 8 heteroatoms. The van der Waals surface area contributed by atoms with Crippen molar-refractivity contribution in [3.8, 4) is 17.0 Å². The van der Waals surface area contributed by atoms with Gasteiger partial charge in [-0.2, -0.15) is 4.98 Å². The van der Waals surface area contributed by atoms with Crippen LogP contribution in [-0.4, -0.2) is 24.2 Å². The van der Waals surface area contributed by atoms with Crippen LogP contribution in [0.2, 0.25) is 0 Å². The Bertz CT molecular complexity index is 1070. The van der Waals surface area contributed by atoms with Gasteiger partial charge in [-0.15, -0.1) is 0 Å². The lowest BCUT2D eigenvalue weighted by atomic mass is 10.1. The normalized spacial score (nSPS) is 11.0. The monoisotopic (exact) mass is 300 g/mol. The smallest absolute Gasteiger partial charge is 0.347 e. The number of aryl methyl sites for hydroxylation is 1. The van der Waals surface area contributed by atoms with Crippen molar-refractivity contribution in [2.75, 3.05) is 0 Å². The lowest BCUT2D eigenvalue weighted by Crippen LogP contribution is -2.38. The van der Waals surface area contributed by atoms with Gasteiger partial charge in [0.25, 0.3) is 5.56 Å². The second kappa shape index (κ2) is 4.69. The molecule has 0 fully saturated rings. The molecule has 112 valence electrons. The Hall–Kier alpha value is -3.16. The predicted molar refractivity (Wildman–Crippen MR) is 79.9 cm³/mol. The second-order valence-electron chi connectivity index (χ2n) is 4.87. The largest absolute Gasteiger partial charge is 0.508 e. The van der Waals surface area contributed by atoms with Crippen molar-refractivity contribution >= 4 is 11.0 Å². The maximum Gasteiger partial charge on any atom is 0.347 e. The molecule has 0 aliphatic heterocycles. The summed E-state index contributed by atoms with van der Waals surface area (Å²) in [7, 11) is 2.78. The summed E-state index contributed by atoms with van der Waals surface area (Å²) in [4.78, 5) is 42.4. The van der Waals surface area contributed by atoms with Crippen LogP contribution in [0.5, 0.6) is 5.75 Å². The minimum atomic E-state index is -0.686. The molecule has 0 aliphatic rings. The van der Waals surface area contributed by atoms with E-state index in [2.05, 4.69) is 9.97 Å². The minimum absolute atomic E-state index is 0.00445. The number of aromatic nitrogens is 4. The maximum absolute atomic E-state index is 12.4. The van der Waals surface area contributed by atoms with Crippen LogP contribution in [0.1, 0.15) is 0 Å². The number of nitrogens with one attached hydrogen (secondary N) is 1. The summed E-state index contributed by atoms with van der Waals surface area (Å²) >= 11 is 0. The van der Waals surface area contributed by atoms with E-state index in [0.29, 0.717) is 5.56 Å². The molecule has 3 rings (SSSR count). The molecule has 0 amide bonds. The fourth-order valence-corrected chi connectivity index (χ4v) is 2.35. The summed E-state index contributed by atoms with van der Waals surface area (Å²) in [5, 5.41) is 9.70. The molecule has 0 bridgehead atoms. The number of hydrogen-bond donors (Lipinski definition) is 2. The molecule has 0 atom stereocenters. The van der Waals surface area contributed by atoms with Crippen LogP contribution in [0.25, 0.3) is 22.3 Å². The quantitative estimate of drug-likeness (QED) is 0.641. The molecule has 3 aromatic rings. The molecule has 1 aromatic carbocycles. The number of hydrogen-bond acceptors (Lipinski definition) is 5. The van der Waals surface area contributed by atoms with Crippen LogP contribution < -0.4 is 16.9 Å². The summed E-state index contributed by atoms with van der Waals surface area (Å²) in [6, 6.07) is 6.10.